The van der Waals surface area contributed by atoms with Crippen LogP contribution in [0.2, 0.25) is 5.02 Å². The van der Waals surface area contributed by atoms with Gasteiger partial charge in [0.1, 0.15) is 5.58 Å². The molecule has 5 heteroatoms. The van der Waals surface area contributed by atoms with E-state index in [2.05, 4.69) is 11.8 Å². The number of fused-ring (bicyclic) bond motifs is 2. The predicted molar refractivity (Wildman–Crippen MR) is 124 cm³/mol. The summed E-state index contributed by atoms with van der Waals surface area (Å²) in [5.74, 6) is 6.12. The minimum absolute atomic E-state index is 0.160. The molecule has 0 atom stereocenters. The molecule has 150 valence electrons. The van der Waals surface area contributed by atoms with Gasteiger partial charge in [0.15, 0.2) is 17.3 Å². The minimum atomic E-state index is -0.288. The topological polar surface area (TPSA) is 47.3 Å². The number of ketones is 2. The molecule has 0 unspecified atom stereocenters. The van der Waals surface area contributed by atoms with Crippen molar-refractivity contribution < 1.29 is 14.0 Å². The van der Waals surface area contributed by atoms with E-state index in [0.29, 0.717) is 33.9 Å². The molecule has 0 fully saturated rings. The van der Waals surface area contributed by atoms with Crippen LogP contribution in [-0.2, 0) is 6.42 Å². The van der Waals surface area contributed by atoms with Crippen LogP contribution in [0.1, 0.15) is 49.4 Å². The second kappa shape index (κ2) is 7.70. The first-order valence-electron chi connectivity index (χ1n) is 9.77. The third-order valence-electron chi connectivity index (χ3n) is 5.16. The van der Waals surface area contributed by atoms with Crippen molar-refractivity contribution in [2.24, 2.45) is 0 Å². The fourth-order valence-electron chi connectivity index (χ4n) is 3.57. The number of furan rings is 1. The van der Waals surface area contributed by atoms with Gasteiger partial charge in [0.05, 0.1) is 10.3 Å². The van der Waals surface area contributed by atoms with Crippen LogP contribution in [0.3, 0.4) is 0 Å². The Morgan fingerprint density at radius 2 is 1.74 bits per heavy atom. The van der Waals surface area contributed by atoms with Gasteiger partial charge >= 0.3 is 0 Å². The molecule has 2 heterocycles. The summed E-state index contributed by atoms with van der Waals surface area (Å²) in [6.45, 7) is 1.96. The van der Waals surface area contributed by atoms with Crippen molar-refractivity contribution in [2.75, 3.05) is 0 Å². The SMILES string of the molecule is CCc1cc2c(cc1Cl)C(=O)/C(=C\c1cc3oc(C#Cc4ccccc4)cc3s1)C2=O. The Morgan fingerprint density at radius 3 is 2.45 bits per heavy atom. The third-order valence-corrected chi connectivity index (χ3v) is 6.52. The lowest BCUT2D eigenvalue weighted by Crippen LogP contribution is -1.99. The average molecular weight is 443 g/mol. The maximum Gasteiger partial charge on any atom is 0.197 e. The van der Waals surface area contributed by atoms with Gasteiger partial charge in [0.2, 0.25) is 0 Å². The molecule has 0 radical (unpaired) electrons. The van der Waals surface area contributed by atoms with Crippen molar-refractivity contribution in [2.45, 2.75) is 13.3 Å². The molecule has 0 bridgehead atoms. The minimum Gasteiger partial charge on any atom is -0.447 e. The Balaban J connectivity index is 1.45. The molecule has 31 heavy (non-hydrogen) atoms. The van der Waals surface area contributed by atoms with Crippen LogP contribution >= 0.6 is 22.9 Å². The number of Topliss-reactive ketones (excluding diaryl/α,β-unsaturated/α-hetero) is 2. The Labute approximate surface area is 188 Å². The van der Waals surface area contributed by atoms with Crippen LogP contribution in [-0.4, -0.2) is 11.6 Å². The molecule has 4 aromatic rings. The van der Waals surface area contributed by atoms with E-state index in [9.17, 15) is 9.59 Å². The number of thiophene rings is 1. The van der Waals surface area contributed by atoms with E-state index in [0.717, 1.165) is 20.7 Å². The molecule has 2 aromatic carbocycles. The Kier molecular flexibility index (Phi) is 4.86. The monoisotopic (exact) mass is 442 g/mol. The highest BCUT2D eigenvalue weighted by Crippen LogP contribution is 2.35. The van der Waals surface area contributed by atoms with Gasteiger partial charge in [-0.25, -0.2) is 0 Å². The Bertz CT molecular complexity index is 1430. The first kappa shape index (κ1) is 19.6. The average Bonchev–Trinajstić information content (AvgIpc) is 3.39. The highest BCUT2D eigenvalue weighted by atomic mass is 35.5. The van der Waals surface area contributed by atoms with Crippen molar-refractivity contribution in [3.05, 3.63) is 98.1 Å². The number of benzene rings is 2. The maximum absolute atomic E-state index is 12.8. The summed E-state index contributed by atoms with van der Waals surface area (Å²) >= 11 is 7.69. The number of aryl methyl sites for hydroxylation is 1. The number of carbonyl (C=O) groups excluding carboxylic acids is 2. The summed E-state index contributed by atoms with van der Waals surface area (Å²) in [6.07, 6.45) is 2.34. The van der Waals surface area contributed by atoms with Gasteiger partial charge in [0, 0.05) is 32.7 Å². The molecule has 0 aliphatic heterocycles. The molecular formula is C26H15ClO3S. The molecule has 2 aromatic heterocycles. The van der Waals surface area contributed by atoms with Crippen LogP contribution in [0, 0.1) is 11.8 Å². The van der Waals surface area contributed by atoms with Crippen molar-refractivity contribution >= 4 is 50.9 Å². The van der Waals surface area contributed by atoms with Gasteiger partial charge < -0.3 is 4.42 Å². The highest BCUT2D eigenvalue weighted by Gasteiger charge is 2.34. The number of hydrogen-bond donors (Lipinski definition) is 0. The lowest BCUT2D eigenvalue weighted by Gasteiger charge is -2.03. The van der Waals surface area contributed by atoms with Crippen LogP contribution < -0.4 is 0 Å². The molecule has 0 amide bonds. The fraction of sp³-hybridized carbons (Fsp3) is 0.0769. The van der Waals surface area contributed by atoms with Crippen LogP contribution in [0.15, 0.2) is 64.6 Å². The number of carbonyl (C=O) groups is 2. The number of hydrogen-bond acceptors (Lipinski definition) is 4. The number of halogens is 1. The van der Waals surface area contributed by atoms with Crippen LogP contribution in [0.4, 0.5) is 0 Å². The summed E-state index contributed by atoms with van der Waals surface area (Å²) < 4.78 is 6.73. The highest BCUT2D eigenvalue weighted by molar-refractivity contribution is 7.19. The summed E-state index contributed by atoms with van der Waals surface area (Å²) in [5, 5.41) is 0.515. The zero-order chi connectivity index (χ0) is 21.5. The van der Waals surface area contributed by atoms with Gasteiger partial charge in [-0.05, 0) is 54.3 Å². The first-order valence-corrected chi connectivity index (χ1v) is 11.0. The fourth-order valence-corrected chi connectivity index (χ4v) is 4.83. The molecule has 0 saturated carbocycles. The molecule has 0 spiro atoms. The molecule has 1 aliphatic rings. The number of rotatable bonds is 2. The van der Waals surface area contributed by atoms with E-state index in [4.69, 9.17) is 16.0 Å². The van der Waals surface area contributed by atoms with Crippen LogP contribution in [0.25, 0.3) is 16.4 Å². The van der Waals surface area contributed by atoms with Crippen molar-refractivity contribution in [3.63, 3.8) is 0 Å². The number of allylic oxidation sites excluding steroid dienone is 1. The molecule has 0 saturated heterocycles. The first-order chi connectivity index (χ1) is 15.0. The zero-order valence-corrected chi connectivity index (χ0v) is 18.1. The van der Waals surface area contributed by atoms with E-state index in [1.807, 2.05) is 49.4 Å². The summed E-state index contributed by atoms with van der Waals surface area (Å²) in [7, 11) is 0. The quantitative estimate of drug-likeness (QED) is 0.200. The maximum atomic E-state index is 12.8. The van der Waals surface area contributed by atoms with E-state index in [-0.39, 0.29) is 17.1 Å². The normalized spacial score (nSPS) is 14.2. The largest absolute Gasteiger partial charge is 0.447 e. The van der Waals surface area contributed by atoms with Gasteiger partial charge in [0.25, 0.3) is 0 Å². The summed E-state index contributed by atoms with van der Waals surface area (Å²) in [5.41, 5.74) is 3.42. The van der Waals surface area contributed by atoms with E-state index in [1.165, 1.54) is 11.3 Å². The molecular weight excluding hydrogens is 428 g/mol. The van der Waals surface area contributed by atoms with Gasteiger partial charge in [-0.2, -0.15) is 0 Å². The molecule has 5 rings (SSSR count). The smallest absolute Gasteiger partial charge is 0.197 e. The Morgan fingerprint density at radius 1 is 1.00 bits per heavy atom. The van der Waals surface area contributed by atoms with Crippen LogP contribution in [0.5, 0.6) is 0 Å². The van der Waals surface area contributed by atoms with E-state index < -0.39 is 0 Å². The molecule has 1 aliphatic carbocycles. The van der Waals surface area contributed by atoms with E-state index >= 15 is 0 Å². The van der Waals surface area contributed by atoms with Gasteiger partial charge in [-0.15, -0.1) is 11.3 Å². The summed E-state index contributed by atoms with van der Waals surface area (Å²) in [6, 6.07) is 16.7. The Hall–Kier alpha value is -3.39. The lowest BCUT2D eigenvalue weighted by molar-refractivity contribution is 0.0990. The van der Waals surface area contributed by atoms with Gasteiger partial charge in [-0.3, -0.25) is 9.59 Å². The standard InChI is InChI=1S/C26H15ClO3S/c1-2-16-10-19-20(14-22(16)27)26(29)21(25(19)28)12-18-13-23-24(31-18)11-17(30-23)9-8-15-6-4-3-5-7-15/h3-7,10-14H,2H2,1H3/b21-12-. The predicted octanol–water partition coefficient (Wildman–Crippen LogP) is 6.57. The van der Waals surface area contributed by atoms with Gasteiger partial charge in [-0.1, -0.05) is 42.6 Å². The van der Waals surface area contributed by atoms with Crippen molar-refractivity contribution in [1.29, 1.82) is 0 Å². The molecule has 0 N–H and O–H groups in total. The van der Waals surface area contributed by atoms with E-state index in [1.54, 1.807) is 18.2 Å². The van der Waals surface area contributed by atoms with Crippen molar-refractivity contribution in [1.82, 2.24) is 0 Å². The third kappa shape index (κ3) is 3.53. The molecule has 3 nitrogen and oxygen atoms in total. The second-order valence-electron chi connectivity index (χ2n) is 7.16. The summed E-state index contributed by atoms with van der Waals surface area (Å²) in [4.78, 5) is 26.4. The van der Waals surface area contributed by atoms with Crippen molar-refractivity contribution in [3.8, 4) is 11.8 Å². The second-order valence-corrected chi connectivity index (χ2v) is 8.69. The lowest BCUT2D eigenvalue weighted by atomic mass is 10.0. The zero-order valence-electron chi connectivity index (χ0n) is 16.5.